The summed E-state index contributed by atoms with van der Waals surface area (Å²) in [5.41, 5.74) is 8.07. The summed E-state index contributed by atoms with van der Waals surface area (Å²) in [5, 5.41) is 0. The number of nitrogens with two attached hydrogens (primary N) is 1. The second-order valence-electron chi connectivity index (χ2n) is 6.09. The zero-order valence-electron chi connectivity index (χ0n) is 13.9. The number of nitrogens with zero attached hydrogens (tertiary/aromatic N) is 3. The molecule has 0 radical (unpaired) electrons. The van der Waals surface area contributed by atoms with E-state index >= 15 is 0 Å². The molecule has 126 valence electrons. The number of benzene rings is 2. The Balaban J connectivity index is 1.64. The van der Waals surface area contributed by atoms with E-state index in [0.29, 0.717) is 5.82 Å². The maximum absolute atomic E-state index is 6.17. The molecule has 1 saturated heterocycles. The van der Waals surface area contributed by atoms with E-state index in [2.05, 4.69) is 14.9 Å². The molecule has 0 spiro atoms. The summed E-state index contributed by atoms with van der Waals surface area (Å²) >= 11 is 0. The fraction of sp³-hybridized carbons (Fsp3) is 0.200. The summed E-state index contributed by atoms with van der Waals surface area (Å²) in [6.45, 7) is 2.03. The third-order valence-electron chi connectivity index (χ3n) is 4.38. The zero-order chi connectivity index (χ0) is 17.1. The van der Waals surface area contributed by atoms with Gasteiger partial charge in [0, 0.05) is 13.1 Å². The first-order valence-electron chi connectivity index (χ1n) is 8.50. The van der Waals surface area contributed by atoms with Gasteiger partial charge in [-0.2, -0.15) is 0 Å². The highest BCUT2D eigenvalue weighted by Gasteiger charge is 2.20. The summed E-state index contributed by atoms with van der Waals surface area (Å²) in [5.74, 6) is 3.03. The van der Waals surface area contributed by atoms with E-state index < -0.39 is 0 Å². The maximum atomic E-state index is 6.17. The Morgan fingerprint density at radius 3 is 2.24 bits per heavy atom. The molecule has 2 N–H and O–H groups in total. The first kappa shape index (κ1) is 15.4. The predicted molar refractivity (Wildman–Crippen MR) is 99.8 cm³/mol. The molecule has 5 heteroatoms. The molecule has 2 aromatic carbocycles. The van der Waals surface area contributed by atoms with Crippen LogP contribution in [-0.2, 0) is 0 Å². The Hall–Kier alpha value is -3.08. The maximum Gasteiger partial charge on any atom is 0.142 e. The van der Waals surface area contributed by atoms with Gasteiger partial charge in [0.1, 0.15) is 29.5 Å². The summed E-state index contributed by atoms with van der Waals surface area (Å²) in [4.78, 5) is 11.0. The average Bonchev–Trinajstić information content (AvgIpc) is 3.18. The van der Waals surface area contributed by atoms with Gasteiger partial charge in [0.2, 0.25) is 0 Å². The van der Waals surface area contributed by atoms with Gasteiger partial charge in [-0.25, -0.2) is 9.97 Å². The molecule has 2 heterocycles. The number of hydrogen-bond acceptors (Lipinski definition) is 5. The minimum Gasteiger partial charge on any atom is -0.457 e. The van der Waals surface area contributed by atoms with Gasteiger partial charge in [0.25, 0.3) is 0 Å². The van der Waals surface area contributed by atoms with Gasteiger partial charge in [-0.1, -0.05) is 30.3 Å². The highest BCUT2D eigenvalue weighted by Crippen LogP contribution is 2.35. The van der Waals surface area contributed by atoms with E-state index in [9.17, 15) is 0 Å². The van der Waals surface area contributed by atoms with Crippen molar-refractivity contribution >= 4 is 11.6 Å². The van der Waals surface area contributed by atoms with Crippen LogP contribution in [0, 0.1) is 0 Å². The molecule has 1 aromatic heterocycles. The molecule has 0 amide bonds. The van der Waals surface area contributed by atoms with Crippen LogP contribution in [0.3, 0.4) is 0 Å². The average molecular weight is 332 g/mol. The Morgan fingerprint density at radius 1 is 0.840 bits per heavy atom. The lowest BCUT2D eigenvalue weighted by Gasteiger charge is -2.20. The molecule has 4 rings (SSSR count). The van der Waals surface area contributed by atoms with Crippen LogP contribution >= 0.6 is 0 Å². The van der Waals surface area contributed by atoms with Gasteiger partial charge in [0.05, 0.1) is 5.56 Å². The quantitative estimate of drug-likeness (QED) is 0.778. The second kappa shape index (κ2) is 6.81. The van der Waals surface area contributed by atoms with E-state index in [4.69, 9.17) is 10.5 Å². The summed E-state index contributed by atoms with van der Waals surface area (Å²) in [6.07, 6.45) is 3.92. The number of nitrogen functional groups attached to an aromatic ring is 1. The SMILES string of the molecule is Nc1ncnc(N2CCCC2)c1-c1ccc(Oc2ccccc2)cc1. The topological polar surface area (TPSA) is 64.3 Å². The molecule has 0 saturated carbocycles. The van der Waals surface area contributed by atoms with Gasteiger partial charge in [-0.15, -0.1) is 0 Å². The highest BCUT2D eigenvalue weighted by atomic mass is 16.5. The smallest absolute Gasteiger partial charge is 0.142 e. The Labute approximate surface area is 147 Å². The van der Waals surface area contributed by atoms with Crippen molar-refractivity contribution in [1.29, 1.82) is 0 Å². The fourth-order valence-corrected chi connectivity index (χ4v) is 3.15. The minimum absolute atomic E-state index is 0.508. The second-order valence-corrected chi connectivity index (χ2v) is 6.09. The van der Waals surface area contributed by atoms with Crippen LogP contribution in [-0.4, -0.2) is 23.1 Å². The normalized spacial score (nSPS) is 13.8. The summed E-state index contributed by atoms with van der Waals surface area (Å²) in [7, 11) is 0. The van der Waals surface area contributed by atoms with Gasteiger partial charge < -0.3 is 15.4 Å². The monoisotopic (exact) mass is 332 g/mol. The number of aromatic nitrogens is 2. The summed E-state index contributed by atoms with van der Waals surface area (Å²) < 4.78 is 5.86. The number of ether oxygens (including phenoxy) is 1. The van der Waals surface area contributed by atoms with Crippen LogP contribution in [0.4, 0.5) is 11.6 Å². The van der Waals surface area contributed by atoms with E-state index in [0.717, 1.165) is 41.5 Å². The third-order valence-corrected chi connectivity index (χ3v) is 4.38. The van der Waals surface area contributed by atoms with E-state index in [1.165, 1.54) is 12.8 Å². The number of para-hydroxylation sites is 1. The van der Waals surface area contributed by atoms with Crippen LogP contribution in [0.5, 0.6) is 11.5 Å². The van der Waals surface area contributed by atoms with Crippen LogP contribution < -0.4 is 15.4 Å². The van der Waals surface area contributed by atoms with Crippen molar-refractivity contribution in [2.45, 2.75) is 12.8 Å². The van der Waals surface area contributed by atoms with Gasteiger partial charge in [-0.05, 0) is 42.7 Å². The molecule has 1 aliphatic rings. The molecule has 1 fully saturated rings. The van der Waals surface area contributed by atoms with Gasteiger partial charge >= 0.3 is 0 Å². The largest absolute Gasteiger partial charge is 0.457 e. The lowest BCUT2D eigenvalue weighted by atomic mass is 10.1. The van der Waals surface area contributed by atoms with Crippen molar-refractivity contribution in [1.82, 2.24) is 9.97 Å². The molecule has 5 nitrogen and oxygen atoms in total. The first-order chi connectivity index (χ1) is 12.3. The van der Waals surface area contributed by atoms with Crippen LogP contribution in [0.1, 0.15) is 12.8 Å². The standard InChI is InChI=1S/C20H20N4O/c21-19-18(20(23-14-22-19)24-12-4-5-13-24)15-8-10-17(11-9-15)25-16-6-2-1-3-7-16/h1-3,6-11,14H,4-5,12-13H2,(H2,21,22,23). The number of rotatable bonds is 4. The van der Waals surface area contributed by atoms with Crippen molar-refractivity contribution in [3.63, 3.8) is 0 Å². The Morgan fingerprint density at radius 2 is 1.52 bits per heavy atom. The Bertz CT molecular complexity index is 843. The molecule has 25 heavy (non-hydrogen) atoms. The molecule has 0 bridgehead atoms. The van der Waals surface area contributed by atoms with Gasteiger partial charge in [0.15, 0.2) is 0 Å². The van der Waals surface area contributed by atoms with Crippen LogP contribution in [0.15, 0.2) is 60.9 Å². The van der Waals surface area contributed by atoms with Gasteiger partial charge in [-0.3, -0.25) is 0 Å². The Kier molecular flexibility index (Phi) is 4.21. The predicted octanol–water partition coefficient (Wildman–Crippen LogP) is 4.12. The van der Waals surface area contributed by atoms with Crippen molar-refractivity contribution in [2.75, 3.05) is 23.7 Å². The third kappa shape index (κ3) is 3.26. The molecule has 3 aromatic rings. The lowest BCUT2D eigenvalue weighted by molar-refractivity contribution is 0.483. The molecule has 1 aliphatic heterocycles. The number of anilines is 2. The van der Waals surface area contributed by atoms with Crippen LogP contribution in [0.25, 0.3) is 11.1 Å². The number of hydrogen-bond donors (Lipinski definition) is 1. The van der Waals surface area contributed by atoms with E-state index in [1.807, 2.05) is 54.6 Å². The lowest BCUT2D eigenvalue weighted by Crippen LogP contribution is -2.20. The molecule has 0 unspecified atom stereocenters. The first-order valence-corrected chi connectivity index (χ1v) is 8.50. The molecule has 0 aliphatic carbocycles. The fourth-order valence-electron chi connectivity index (χ4n) is 3.15. The zero-order valence-corrected chi connectivity index (χ0v) is 13.9. The van der Waals surface area contributed by atoms with Crippen molar-refractivity contribution in [2.24, 2.45) is 0 Å². The minimum atomic E-state index is 0.508. The molecule has 0 atom stereocenters. The van der Waals surface area contributed by atoms with Crippen molar-refractivity contribution in [3.05, 3.63) is 60.9 Å². The van der Waals surface area contributed by atoms with Crippen molar-refractivity contribution in [3.8, 4) is 22.6 Å². The van der Waals surface area contributed by atoms with Crippen molar-refractivity contribution < 1.29 is 4.74 Å². The highest BCUT2D eigenvalue weighted by molar-refractivity contribution is 5.84. The summed E-state index contributed by atoms with van der Waals surface area (Å²) in [6, 6.07) is 17.6. The molecular weight excluding hydrogens is 312 g/mol. The molecular formula is C20H20N4O. The van der Waals surface area contributed by atoms with E-state index in [-0.39, 0.29) is 0 Å². The van der Waals surface area contributed by atoms with Crippen LogP contribution in [0.2, 0.25) is 0 Å². The van der Waals surface area contributed by atoms with E-state index in [1.54, 1.807) is 6.33 Å².